The van der Waals surface area contributed by atoms with Crippen LogP contribution >= 0.6 is 0 Å². The summed E-state index contributed by atoms with van der Waals surface area (Å²) in [6, 6.07) is 3.51. The first-order valence-electron chi connectivity index (χ1n) is 6.64. The first-order chi connectivity index (χ1) is 9.50. The second kappa shape index (κ2) is 8.14. The number of carbonyl (C=O) groups is 2. The molecule has 0 aromatic carbocycles. The van der Waals surface area contributed by atoms with E-state index in [-0.39, 0.29) is 24.9 Å². The van der Waals surface area contributed by atoms with Gasteiger partial charge >= 0.3 is 12.0 Å². The highest BCUT2D eigenvalue weighted by Gasteiger charge is 2.16. The number of carboxylic acid groups (broad SMARTS) is 1. The van der Waals surface area contributed by atoms with E-state index in [1.807, 2.05) is 12.1 Å². The van der Waals surface area contributed by atoms with Gasteiger partial charge in [0, 0.05) is 31.4 Å². The highest BCUT2D eigenvalue weighted by atomic mass is 16.4. The van der Waals surface area contributed by atoms with Crippen LogP contribution in [0.2, 0.25) is 0 Å². The van der Waals surface area contributed by atoms with E-state index < -0.39 is 5.97 Å². The molecule has 1 aromatic rings. The second-order valence-corrected chi connectivity index (χ2v) is 4.92. The number of rotatable bonds is 7. The fraction of sp³-hybridized carbons (Fsp3) is 0.500. The molecule has 0 aliphatic carbocycles. The molecule has 110 valence electrons. The predicted molar refractivity (Wildman–Crippen MR) is 75.5 cm³/mol. The molecule has 0 saturated heterocycles. The number of pyridine rings is 1. The molecular weight excluding hydrogens is 258 g/mol. The van der Waals surface area contributed by atoms with Gasteiger partial charge in [-0.15, -0.1) is 0 Å². The van der Waals surface area contributed by atoms with Crippen LogP contribution < -0.4 is 10.6 Å². The van der Waals surface area contributed by atoms with E-state index in [4.69, 9.17) is 5.11 Å². The standard InChI is InChI=1S/C14H21N3O3/c1-10(2)12(11-4-3-6-15-8-11)9-17-14(20)16-7-5-13(18)19/h3-4,6,8,10,12H,5,7,9H2,1-2H3,(H,18,19)(H2,16,17,20). The van der Waals surface area contributed by atoms with E-state index in [2.05, 4.69) is 29.5 Å². The minimum absolute atomic E-state index is 0.0797. The predicted octanol–water partition coefficient (Wildman–Crippen LogP) is 1.60. The van der Waals surface area contributed by atoms with E-state index in [0.29, 0.717) is 12.5 Å². The van der Waals surface area contributed by atoms with E-state index in [1.165, 1.54) is 0 Å². The van der Waals surface area contributed by atoms with Crippen LogP contribution in [-0.2, 0) is 4.79 Å². The quantitative estimate of drug-likeness (QED) is 0.707. The normalized spacial score (nSPS) is 11.9. The van der Waals surface area contributed by atoms with Gasteiger partial charge in [0.05, 0.1) is 6.42 Å². The van der Waals surface area contributed by atoms with E-state index in [9.17, 15) is 9.59 Å². The molecule has 0 bridgehead atoms. The van der Waals surface area contributed by atoms with E-state index in [1.54, 1.807) is 12.4 Å². The van der Waals surface area contributed by atoms with Crippen molar-refractivity contribution >= 4 is 12.0 Å². The molecule has 0 aliphatic rings. The van der Waals surface area contributed by atoms with Crippen LogP contribution in [0.25, 0.3) is 0 Å². The average Bonchev–Trinajstić information content (AvgIpc) is 2.39. The Hall–Kier alpha value is -2.11. The maximum absolute atomic E-state index is 11.6. The lowest BCUT2D eigenvalue weighted by atomic mass is 9.89. The van der Waals surface area contributed by atoms with Crippen molar-refractivity contribution in [3.8, 4) is 0 Å². The number of urea groups is 1. The molecule has 3 N–H and O–H groups in total. The molecule has 0 saturated carbocycles. The molecule has 1 rings (SSSR count). The Balaban J connectivity index is 2.44. The van der Waals surface area contributed by atoms with Crippen molar-refractivity contribution in [1.29, 1.82) is 0 Å². The third-order valence-electron chi connectivity index (χ3n) is 3.02. The molecule has 0 aliphatic heterocycles. The number of hydrogen-bond donors (Lipinski definition) is 3. The maximum Gasteiger partial charge on any atom is 0.314 e. The molecule has 6 nitrogen and oxygen atoms in total. The van der Waals surface area contributed by atoms with E-state index >= 15 is 0 Å². The Morgan fingerprint density at radius 1 is 1.35 bits per heavy atom. The highest BCUT2D eigenvalue weighted by Crippen LogP contribution is 2.22. The Morgan fingerprint density at radius 3 is 2.65 bits per heavy atom. The van der Waals surface area contributed by atoms with Crippen LogP contribution in [0.15, 0.2) is 24.5 Å². The summed E-state index contributed by atoms with van der Waals surface area (Å²) in [6.07, 6.45) is 3.44. The van der Waals surface area contributed by atoms with Gasteiger partial charge in [-0.1, -0.05) is 19.9 Å². The zero-order valence-corrected chi connectivity index (χ0v) is 11.8. The molecule has 20 heavy (non-hydrogen) atoms. The second-order valence-electron chi connectivity index (χ2n) is 4.92. The Morgan fingerprint density at radius 2 is 2.10 bits per heavy atom. The largest absolute Gasteiger partial charge is 0.481 e. The van der Waals surface area contributed by atoms with Gasteiger partial charge in [0.1, 0.15) is 0 Å². The maximum atomic E-state index is 11.6. The third-order valence-corrected chi connectivity index (χ3v) is 3.02. The number of aliphatic carboxylic acids is 1. The first kappa shape index (κ1) is 15.9. The zero-order valence-electron chi connectivity index (χ0n) is 11.8. The molecule has 1 unspecified atom stereocenters. The summed E-state index contributed by atoms with van der Waals surface area (Å²) in [5.74, 6) is -0.395. The van der Waals surface area contributed by atoms with Crippen LogP contribution in [0.5, 0.6) is 0 Å². The number of amides is 2. The minimum Gasteiger partial charge on any atom is -0.481 e. The van der Waals surface area contributed by atoms with Crippen molar-refractivity contribution in [1.82, 2.24) is 15.6 Å². The summed E-state index contributed by atoms with van der Waals surface area (Å²) in [5.41, 5.74) is 1.08. The van der Waals surface area contributed by atoms with Gasteiger partial charge in [0.25, 0.3) is 0 Å². The van der Waals surface area contributed by atoms with Crippen molar-refractivity contribution in [2.45, 2.75) is 26.2 Å². The summed E-state index contributed by atoms with van der Waals surface area (Å²) < 4.78 is 0. The lowest BCUT2D eigenvalue weighted by Gasteiger charge is -2.21. The summed E-state index contributed by atoms with van der Waals surface area (Å²) in [7, 11) is 0. The summed E-state index contributed by atoms with van der Waals surface area (Å²) in [5, 5.41) is 13.8. The fourth-order valence-corrected chi connectivity index (χ4v) is 1.88. The number of carbonyl (C=O) groups excluding carboxylic acids is 1. The SMILES string of the molecule is CC(C)C(CNC(=O)NCCC(=O)O)c1cccnc1. The Kier molecular flexibility index (Phi) is 6.49. The summed E-state index contributed by atoms with van der Waals surface area (Å²) in [4.78, 5) is 26.0. The Bertz CT molecular complexity index is 435. The lowest BCUT2D eigenvalue weighted by molar-refractivity contribution is -0.136. The van der Waals surface area contributed by atoms with Gasteiger partial charge in [-0.3, -0.25) is 9.78 Å². The van der Waals surface area contributed by atoms with Gasteiger partial charge in [-0.05, 0) is 17.5 Å². The van der Waals surface area contributed by atoms with Crippen LogP contribution in [0, 0.1) is 5.92 Å². The van der Waals surface area contributed by atoms with Gasteiger partial charge in [0.2, 0.25) is 0 Å². The molecule has 6 heteroatoms. The lowest BCUT2D eigenvalue weighted by Crippen LogP contribution is -2.39. The topological polar surface area (TPSA) is 91.3 Å². The van der Waals surface area contributed by atoms with Crippen molar-refractivity contribution in [2.24, 2.45) is 5.92 Å². The van der Waals surface area contributed by atoms with Gasteiger partial charge in [-0.25, -0.2) is 4.79 Å². The van der Waals surface area contributed by atoms with Gasteiger partial charge < -0.3 is 15.7 Å². The molecule has 1 aromatic heterocycles. The summed E-state index contributed by atoms with van der Waals surface area (Å²) >= 11 is 0. The van der Waals surface area contributed by atoms with E-state index in [0.717, 1.165) is 5.56 Å². The zero-order chi connectivity index (χ0) is 15.0. The van der Waals surface area contributed by atoms with Crippen molar-refractivity contribution < 1.29 is 14.7 Å². The van der Waals surface area contributed by atoms with Gasteiger partial charge in [0.15, 0.2) is 0 Å². The van der Waals surface area contributed by atoms with Crippen molar-refractivity contribution in [3.05, 3.63) is 30.1 Å². The molecule has 0 spiro atoms. The number of nitrogens with one attached hydrogen (secondary N) is 2. The number of hydrogen-bond acceptors (Lipinski definition) is 3. The fourth-order valence-electron chi connectivity index (χ4n) is 1.88. The number of nitrogens with zero attached hydrogens (tertiary/aromatic N) is 1. The molecule has 1 atom stereocenters. The Labute approximate surface area is 118 Å². The van der Waals surface area contributed by atoms with Crippen molar-refractivity contribution in [3.63, 3.8) is 0 Å². The number of aromatic nitrogens is 1. The first-order valence-corrected chi connectivity index (χ1v) is 6.64. The monoisotopic (exact) mass is 279 g/mol. The van der Waals surface area contributed by atoms with Crippen molar-refractivity contribution in [2.75, 3.05) is 13.1 Å². The third kappa shape index (κ3) is 5.69. The molecule has 0 radical (unpaired) electrons. The molecule has 2 amide bonds. The highest BCUT2D eigenvalue weighted by molar-refractivity contribution is 5.75. The van der Waals surface area contributed by atoms with Crippen LogP contribution in [-0.4, -0.2) is 35.2 Å². The molecule has 1 heterocycles. The van der Waals surface area contributed by atoms with Gasteiger partial charge in [-0.2, -0.15) is 0 Å². The summed E-state index contributed by atoms with van der Waals surface area (Å²) in [6.45, 7) is 4.78. The molecule has 0 fully saturated rings. The van der Waals surface area contributed by atoms with Crippen LogP contribution in [0.3, 0.4) is 0 Å². The van der Waals surface area contributed by atoms with Crippen LogP contribution in [0.4, 0.5) is 4.79 Å². The minimum atomic E-state index is -0.930. The smallest absolute Gasteiger partial charge is 0.314 e. The number of carboxylic acids is 1. The molecular formula is C14H21N3O3. The van der Waals surface area contributed by atoms with Crippen LogP contribution in [0.1, 0.15) is 31.7 Å². The average molecular weight is 279 g/mol.